The van der Waals surface area contributed by atoms with Gasteiger partial charge in [-0.05, 0) is 75.1 Å². The van der Waals surface area contributed by atoms with Gasteiger partial charge >= 0.3 is 0 Å². The zero-order valence-electron chi connectivity index (χ0n) is 18.0. The van der Waals surface area contributed by atoms with Crippen molar-refractivity contribution >= 4 is 17.7 Å². The molecule has 0 unspecified atom stereocenters. The van der Waals surface area contributed by atoms with Gasteiger partial charge < -0.3 is 14.8 Å². The van der Waals surface area contributed by atoms with Crippen LogP contribution in [0.1, 0.15) is 36.1 Å². The Kier molecular flexibility index (Phi) is 8.25. The quantitative estimate of drug-likeness (QED) is 0.346. The third-order valence-electron chi connectivity index (χ3n) is 4.64. The molecule has 0 heterocycles. The molecule has 2 rings (SSSR count). The number of carbonyl (C=O) groups is 1. The van der Waals surface area contributed by atoms with E-state index in [1.807, 2.05) is 58.0 Å². The molecule has 1 N–H and O–H groups in total. The third kappa shape index (κ3) is 5.51. The van der Waals surface area contributed by atoms with Crippen molar-refractivity contribution in [1.82, 2.24) is 0 Å². The monoisotopic (exact) mass is 404 g/mol. The minimum absolute atomic E-state index is 0.00654. The van der Waals surface area contributed by atoms with Gasteiger partial charge in [-0.2, -0.15) is 5.26 Å². The number of nitrogens with one attached hydrogen (secondary N) is 1. The van der Waals surface area contributed by atoms with Crippen LogP contribution in [0, 0.1) is 25.2 Å². The maximum atomic E-state index is 12.7. The van der Waals surface area contributed by atoms with E-state index >= 15 is 0 Å². The van der Waals surface area contributed by atoms with Crippen LogP contribution in [0.25, 0.3) is 6.08 Å². The van der Waals surface area contributed by atoms with Gasteiger partial charge in [0.15, 0.2) is 11.5 Å². The van der Waals surface area contributed by atoms with Crippen LogP contribution < -0.4 is 14.8 Å². The second kappa shape index (κ2) is 10.9. The van der Waals surface area contributed by atoms with Crippen molar-refractivity contribution < 1.29 is 14.3 Å². The first-order chi connectivity index (χ1) is 14.4. The summed E-state index contributed by atoms with van der Waals surface area (Å²) >= 11 is 0. The van der Waals surface area contributed by atoms with Gasteiger partial charge in [0.2, 0.25) is 0 Å². The van der Waals surface area contributed by atoms with Crippen molar-refractivity contribution in [2.45, 2.75) is 34.1 Å². The van der Waals surface area contributed by atoms with E-state index in [-0.39, 0.29) is 5.57 Å². The lowest BCUT2D eigenvalue weighted by Gasteiger charge is -2.16. The number of hydrogen-bond acceptors (Lipinski definition) is 4. The molecule has 0 aromatic heterocycles. The first kappa shape index (κ1) is 22.8. The lowest BCUT2D eigenvalue weighted by atomic mass is 10.0. The standard InChI is InChI=1S/C25H28N2O3/c1-6-10-20-13-19(15-23(29-7-2)24(20)30-8-3)14-21(16-26)25(28)27-22-12-9-11-17(4)18(22)5/h6,9,11-15H,1,7-8,10H2,2-5H3,(H,27,28)/b21-14+. The second-order valence-electron chi connectivity index (χ2n) is 6.74. The molecule has 0 radical (unpaired) electrons. The molecule has 0 aliphatic rings. The summed E-state index contributed by atoms with van der Waals surface area (Å²) in [5.74, 6) is 0.787. The van der Waals surface area contributed by atoms with Crippen molar-refractivity contribution in [3.05, 3.63) is 70.8 Å². The highest BCUT2D eigenvalue weighted by Crippen LogP contribution is 2.34. The number of hydrogen-bond donors (Lipinski definition) is 1. The summed E-state index contributed by atoms with van der Waals surface area (Å²) in [5, 5.41) is 12.4. The van der Waals surface area contributed by atoms with Crippen LogP contribution in [0.3, 0.4) is 0 Å². The number of allylic oxidation sites excluding steroid dienone is 1. The smallest absolute Gasteiger partial charge is 0.266 e. The van der Waals surface area contributed by atoms with Gasteiger partial charge in [0, 0.05) is 11.3 Å². The minimum atomic E-state index is -0.455. The van der Waals surface area contributed by atoms with Crippen molar-refractivity contribution in [2.75, 3.05) is 18.5 Å². The fourth-order valence-corrected chi connectivity index (χ4v) is 3.04. The van der Waals surface area contributed by atoms with Gasteiger partial charge in [-0.15, -0.1) is 6.58 Å². The molecule has 0 spiro atoms. The van der Waals surface area contributed by atoms with Gasteiger partial charge in [-0.3, -0.25) is 4.79 Å². The molecular weight excluding hydrogens is 376 g/mol. The number of nitrogens with zero attached hydrogens (tertiary/aromatic N) is 1. The molecule has 2 aromatic rings. The fraction of sp³-hybridized carbons (Fsp3) is 0.280. The fourth-order valence-electron chi connectivity index (χ4n) is 3.04. The zero-order chi connectivity index (χ0) is 22.1. The number of nitriles is 1. The van der Waals surface area contributed by atoms with E-state index in [2.05, 4.69) is 11.9 Å². The van der Waals surface area contributed by atoms with Gasteiger partial charge in [0.05, 0.1) is 13.2 Å². The topological polar surface area (TPSA) is 71.4 Å². The molecule has 2 aromatic carbocycles. The second-order valence-corrected chi connectivity index (χ2v) is 6.74. The Balaban J connectivity index is 2.44. The van der Waals surface area contributed by atoms with E-state index < -0.39 is 5.91 Å². The Morgan fingerprint density at radius 2 is 1.93 bits per heavy atom. The molecule has 5 heteroatoms. The molecule has 156 valence electrons. The summed E-state index contributed by atoms with van der Waals surface area (Å²) in [4.78, 5) is 12.7. The molecule has 0 fully saturated rings. The highest BCUT2D eigenvalue weighted by atomic mass is 16.5. The zero-order valence-corrected chi connectivity index (χ0v) is 18.0. The molecule has 0 bridgehead atoms. The Morgan fingerprint density at radius 1 is 1.20 bits per heavy atom. The van der Waals surface area contributed by atoms with Gasteiger partial charge in [0.1, 0.15) is 11.6 Å². The predicted molar refractivity (Wildman–Crippen MR) is 121 cm³/mol. The number of aryl methyl sites for hydroxylation is 1. The summed E-state index contributed by atoms with van der Waals surface area (Å²) in [5.41, 5.74) is 4.30. The first-order valence-electron chi connectivity index (χ1n) is 9.97. The van der Waals surface area contributed by atoms with Crippen molar-refractivity contribution in [3.63, 3.8) is 0 Å². The molecule has 5 nitrogen and oxygen atoms in total. The van der Waals surface area contributed by atoms with Crippen molar-refractivity contribution in [2.24, 2.45) is 0 Å². The summed E-state index contributed by atoms with van der Waals surface area (Å²) in [6.45, 7) is 12.5. The molecular formula is C25H28N2O3. The van der Waals surface area contributed by atoms with Crippen LogP contribution in [-0.2, 0) is 11.2 Å². The Bertz CT molecular complexity index is 1000. The van der Waals surface area contributed by atoms with E-state index in [1.54, 1.807) is 18.2 Å². The van der Waals surface area contributed by atoms with Crippen LogP contribution in [0.2, 0.25) is 0 Å². The van der Waals surface area contributed by atoms with E-state index in [9.17, 15) is 10.1 Å². The van der Waals surface area contributed by atoms with E-state index in [0.717, 1.165) is 16.7 Å². The largest absolute Gasteiger partial charge is 0.490 e. The molecule has 0 atom stereocenters. The third-order valence-corrected chi connectivity index (χ3v) is 4.64. The number of ether oxygens (including phenoxy) is 2. The first-order valence-corrected chi connectivity index (χ1v) is 9.97. The van der Waals surface area contributed by atoms with E-state index in [4.69, 9.17) is 9.47 Å². The molecule has 0 saturated carbocycles. The van der Waals surface area contributed by atoms with E-state index in [0.29, 0.717) is 42.4 Å². The summed E-state index contributed by atoms with van der Waals surface area (Å²) in [6.07, 6.45) is 3.92. The molecule has 30 heavy (non-hydrogen) atoms. The molecule has 0 saturated heterocycles. The van der Waals surface area contributed by atoms with Crippen LogP contribution in [-0.4, -0.2) is 19.1 Å². The molecule has 0 aliphatic heterocycles. The van der Waals surface area contributed by atoms with Gasteiger partial charge in [-0.1, -0.05) is 18.2 Å². The SMILES string of the molecule is C=CCc1cc(/C=C(\C#N)C(=O)Nc2cccc(C)c2C)cc(OCC)c1OCC. The summed E-state index contributed by atoms with van der Waals surface area (Å²) < 4.78 is 11.5. The van der Waals surface area contributed by atoms with Crippen LogP contribution >= 0.6 is 0 Å². The lowest BCUT2D eigenvalue weighted by Crippen LogP contribution is -2.14. The van der Waals surface area contributed by atoms with E-state index in [1.165, 1.54) is 0 Å². The highest BCUT2D eigenvalue weighted by molar-refractivity contribution is 6.10. The van der Waals surface area contributed by atoms with Gasteiger partial charge in [0.25, 0.3) is 5.91 Å². The maximum Gasteiger partial charge on any atom is 0.266 e. The highest BCUT2D eigenvalue weighted by Gasteiger charge is 2.15. The Hall–Kier alpha value is -3.52. The minimum Gasteiger partial charge on any atom is -0.490 e. The Morgan fingerprint density at radius 3 is 2.57 bits per heavy atom. The summed E-state index contributed by atoms with van der Waals surface area (Å²) in [7, 11) is 0. The Labute approximate surface area is 178 Å². The normalized spacial score (nSPS) is 10.8. The van der Waals surface area contributed by atoms with Crippen molar-refractivity contribution in [3.8, 4) is 17.6 Å². The number of amides is 1. The average Bonchev–Trinajstić information content (AvgIpc) is 2.72. The number of carbonyl (C=O) groups excluding carboxylic acids is 1. The average molecular weight is 405 g/mol. The number of benzene rings is 2. The number of anilines is 1. The van der Waals surface area contributed by atoms with Crippen molar-refractivity contribution in [1.29, 1.82) is 5.26 Å². The lowest BCUT2D eigenvalue weighted by molar-refractivity contribution is -0.112. The molecule has 1 amide bonds. The molecule has 0 aliphatic carbocycles. The summed E-state index contributed by atoms with van der Waals surface area (Å²) in [6, 6.07) is 11.3. The van der Waals surface area contributed by atoms with Crippen LogP contribution in [0.5, 0.6) is 11.5 Å². The number of rotatable bonds is 9. The van der Waals surface area contributed by atoms with Crippen LogP contribution in [0.4, 0.5) is 5.69 Å². The maximum absolute atomic E-state index is 12.7. The van der Waals surface area contributed by atoms with Gasteiger partial charge in [-0.25, -0.2) is 0 Å². The van der Waals surface area contributed by atoms with Crippen LogP contribution in [0.15, 0.2) is 48.6 Å². The predicted octanol–water partition coefficient (Wildman–Crippen LogP) is 5.38.